The number of aliphatic carboxylic acids is 1. The van der Waals surface area contributed by atoms with Crippen LogP contribution in [0.25, 0.3) is 0 Å². The van der Waals surface area contributed by atoms with Gasteiger partial charge in [-0.2, -0.15) is 0 Å². The maximum Gasteiger partial charge on any atom is 0.333 e. The van der Waals surface area contributed by atoms with Crippen LogP contribution in [-0.4, -0.2) is 42.4 Å². The van der Waals surface area contributed by atoms with Crippen molar-refractivity contribution in [3.63, 3.8) is 0 Å². The first kappa shape index (κ1) is 16.7. The van der Waals surface area contributed by atoms with Gasteiger partial charge in [0.25, 0.3) is 0 Å². The van der Waals surface area contributed by atoms with Crippen molar-refractivity contribution in [2.45, 2.75) is 19.4 Å². The third-order valence-electron chi connectivity index (χ3n) is 2.72. The summed E-state index contributed by atoms with van der Waals surface area (Å²) in [5.41, 5.74) is -0.169. The van der Waals surface area contributed by atoms with Gasteiger partial charge in [-0.15, -0.1) is 0 Å². The van der Waals surface area contributed by atoms with Gasteiger partial charge >= 0.3 is 11.7 Å². The minimum absolute atomic E-state index is 0.100. The average molecular weight is 298 g/mol. The van der Waals surface area contributed by atoms with Crippen molar-refractivity contribution < 1.29 is 24.3 Å². The summed E-state index contributed by atoms with van der Waals surface area (Å²) >= 11 is 0. The highest BCUT2D eigenvalue weighted by Gasteiger charge is 2.25. The molecule has 116 valence electrons. The minimum atomic E-state index is -1.11. The van der Waals surface area contributed by atoms with Gasteiger partial charge in [-0.05, 0) is 19.1 Å². The molecule has 1 aromatic rings. The second-order valence-corrected chi connectivity index (χ2v) is 4.16. The summed E-state index contributed by atoms with van der Waals surface area (Å²) in [4.78, 5) is 21.8. The number of nitro benzene ring substituents is 1. The van der Waals surface area contributed by atoms with Gasteiger partial charge in [-0.3, -0.25) is 10.1 Å². The molecule has 0 aromatic heterocycles. The first-order valence-corrected chi connectivity index (χ1v) is 6.39. The third kappa shape index (κ3) is 4.60. The fourth-order valence-corrected chi connectivity index (χ4v) is 1.78. The second-order valence-electron chi connectivity index (χ2n) is 4.16. The molecule has 0 radical (unpaired) electrons. The topological polar surface area (TPSA) is 111 Å². The Kier molecular flexibility index (Phi) is 6.41. The smallest absolute Gasteiger partial charge is 0.333 e. The van der Waals surface area contributed by atoms with Crippen molar-refractivity contribution in [2.75, 3.05) is 25.6 Å². The molecule has 0 spiro atoms. The SMILES string of the molecule is CCOc1cccc(NC(CCOC)C(=O)O)c1[N+](=O)[O-]. The highest BCUT2D eigenvalue weighted by molar-refractivity contribution is 5.80. The Bertz CT molecular complexity index is 505. The molecule has 2 N–H and O–H groups in total. The lowest BCUT2D eigenvalue weighted by atomic mass is 10.1. The molecule has 0 amide bonds. The number of hydrogen-bond acceptors (Lipinski definition) is 6. The van der Waals surface area contributed by atoms with Crippen LogP contribution in [0.4, 0.5) is 11.4 Å². The number of nitrogens with one attached hydrogen (secondary N) is 1. The number of carboxylic acids is 1. The van der Waals surface area contributed by atoms with E-state index in [1.807, 2.05) is 0 Å². The van der Waals surface area contributed by atoms with Crippen molar-refractivity contribution in [3.05, 3.63) is 28.3 Å². The van der Waals surface area contributed by atoms with Gasteiger partial charge in [0, 0.05) is 20.1 Å². The Morgan fingerprint density at radius 1 is 1.52 bits per heavy atom. The Balaban J connectivity index is 3.07. The monoisotopic (exact) mass is 298 g/mol. The van der Waals surface area contributed by atoms with E-state index in [0.717, 1.165) is 0 Å². The number of nitrogens with zero attached hydrogens (tertiary/aromatic N) is 1. The molecule has 0 heterocycles. The van der Waals surface area contributed by atoms with Crippen molar-refractivity contribution in [2.24, 2.45) is 0 Å². The predicted molar refractivity (Wildman–Crippen MR) is 75.8 cm³/mol. The van der Waals surface area contributed by atoms with E-state index >= 15 is 0 Å². The molecule has 8 heteroatoms. The Labute approximate surface area is 121 Å². The number of rotatable bonds is 9. The normalized spacial score (nSPS) is 11.7. The zero-order valence-corrected chi connectivity index (χ0v) is 11.9. The number of hydrogen-bond donors (Lipinski definition) is 2. The summed E-state index contributed by atoms with van der Waals surface area (Å²) in [6, 6.07) is 3.50. The van der Waals surface area contributed by atoms with Gasteiger partial charge in [-0.1, -0.05) is 6.07 Å². The molecule has 8 nitrogen and oxygen atoms in total. The maximum absolute atomic E-state index is 11.2. The zero-order valence-electron chi connectivity index (χ0n) is 11.9. The molecule has 21 heavy (non-hydrogen) atoms. The fraction of sp³-hybridized carbons (Fsp3) is 0.462. The maximum atomic E-state index is 11.2. The highest BCUT2D eigenvalue weighted by atomic mass is 16.6. The molecule has 1 rings (SSSR count). The largest absolute Gasteiger partial charge is 0.487 e. The highest BCUT2D eigenvalue weighted by Crippen LogP contribution is 2.35. The first-order chi connectivity index (χ1) is 10.0. The molecule has 0 saturated heterocycles. The molecule has 1 atom stereocenters. The molecule has 0 aliphatic carbocycles. The Hall–Kier alpha value is -2.35. The van der Waals surface area contributed by atoms with E-state index in [0.29, 0.717) is 0 Å². The van der Waals surface area contributed by atoms with E-state index < -0.39 is 16.9 Å². The number of ether oxygens (including phenoxy) is 2. The van der Waals surface area contributed by atoms with Crippen LogP contribution in [0.15, 0.2) is 18.2 Å². The lowest BCUT2D eigenvalue weighted by molar-refractivity contribution is -0.385. The summed E-state index contributed by atoms with van der Waals surface area (Å²) in [6.07, 6.45) is 0.182. The van der Waals surface area contributed by atoms with Crippen LogP contribution in [0.3, 0.4) is 0 Å². The molecular weight excluding hydrogens is 280 g/mol. The van der Waals surface area contributed by atoms with Crippen molar-refractivity contribution in [1.29, 1.82) is 0 Å². The van der Waals surface area contributed by atoms with Crippen molar-refractivity contribution in [1.82, 2.24) is 0 Å². The second kappa shape index (κ2) is 8.05. The first-order valence-electron chi connectivity index (χ1n) is 6.39. The number of benzene rings is 1. The molecule has 0 fully saturated rings. The summed E-state index contributed by atoms with van der Waals surface area (Å²) in [7, 11) is 1.46. The predicted octanol–water partition coefficient (Wildman–Crippen LogP) is 1.90. The van der Waals surface area contributed by atoms with Gasteiger partial charge in [0.15, 0.2) is 5.75 Å². The lowest BCUT2D eigenvalue weighted by Crippen LogP contribution is -2.30. The van der Waals surface area contributed by atoms with Crippen LogP contribution in [0, 0.1) is 10.1 Å². The number of anilines is 1. The molecule has 0 aliphatic heterocycles. The lowest BCUT2D eigenvalue weighted by Gasteiger charge is -2.16. The van der Waals surface area contributed by atoms with E-state index in [-0.39, 0.29) is 36.8 Å². The molecule has 1 unspecified atom stereocenters. The zero-order chi connectivity index (χ0) is 15.8. The molecule has 0 aliphatic rings. The van der Waals surface area contributed by atoms with E-state index in [1.54, 1.807) is 13.0 Å². The standard InChI is InChI=1S/C13H18N2O6/c1-3-21-11-6-4-5-9(12(11)15(18)19)14-10(13(16)17)7-8-20-2/h4-6,10,14H,3,7-8H2,1-2H3,(H,16,17). The van der Waals surface area contributed by atoms with Gasteiger partial charge in [-0.25, -0.2) is 4.79 Å². The summed E-state index contributed by atoms with van der Waals surface area (Å²) in [5, 5.41) is 23.0. The van der Waals surface area contributed by atoms with Gasteiger partial charge in [0.2, 0.25) is 0 Å². The van der Waals surface area contributed by atoms with E-state index in [1.165, 1.54) is 19.2 Å². The van der Waals surface area contributed by atoms with Crippen molar-refractivity contribution in [3.8, 4) is 5.75 Å². The minimum Gasteiger partial charge on any atom is -0.487 e. The van der Waals surface area contributed by atoms with E-state index in [2.05, 4.69) is 5.32 Å². The number of methoxy groups -OCH3 is 1. The number of para-hydroxylation sites is 1. The molecule has 0 bridgehead atoms. The fourth-order valence-electron chi connectivity index (χ4n) is 1.78. The van der Waals surface area contributed by atoms with Gasteiger partial charge < -0.3 is 19.9 Å². The summed E-state index contributed by atoms with van der Waals surface area (Å²) < 4.78 is 10.0. The summed E-state index contributed by atoms with van der Waals surface area (Å²) in [6.45, 7) is 2.21. The van der Waals surface area contributed by atoms with Crippen LogP contribution >= 0.6 is 0 Å². The van der Waals surface area contributed by atoms with Crippen LogP contribution in [0.1, 0.15) is 13.3 Å². The van der Waals surface area contributed by atoms with Crippen LogP contribution in [-0.2, 0) is 9.53 Å². The quantitative estimate of drug-likeness (QED) is 0.529. The summed E-state index contributed by atoms with van der Waals surface area (Å²) in [5.74, 6) is -1.01. The Morgan fingerprint density at radius 2 is 2.24 bits per heavy atom. The van der Waals surface area contributed by atoms with Crippen molar-refractivity contribution >= 4 is 17.3 Å². The van der Waals surface area contributed by atoms with Gasteiger partial charge in [0.1, 0.15) is 11.7 Å². The third-order valence-corrected chi connectivity index (χ3v) is 2.72. The Morgan fingerprint density at radius 3 is 2.76 bits per heavy atom. The molecular formula is C13H18N2O6. The van der Waals surface area contributed by atoms with Crippen LogP contribution in [0.2, 0.25) is 0 Å². The van der Waals surface area contributed by atoms with Crippen LogP contribution < -0.4 is 10.1 Å². The molecule has 0 saturated carbocycles. The molecule has 1 aromatic carbocycles. The number of carboxylic acid groups (broad SMARTS) is 1. The van der Waals surface area contributed by atoms with Gasteiger partial charge in [0.05, 0.1) is 11.5 Å². The van der Waals surface area contributed by atoms with E-state index in [9.17, 15) is 14.9 Å². The van der Waals surface area contributed by atoms with Crippen LogP contribution in [0.5, 0.6) is 5.75 Å². The number of nitro groups is 1. The average Bonchev–Trinajstić information content (AvgIpc) is 2.43. The number of carbonyl (C=O) groups is 1. The van der Waals surface area contributed by atoms with E-state index in [4.69, 9.17) is 14.6 Å².